The summed E-state index contributed by atoms with van der Waals surface area (Å²) < 4.78 is 0. The van der Waals surface area contributed by atoms with E-state index in [9.17, 15) is 5.11 Å². The molecular weight excluding hydrogens is 172 g/mol. The van der Waals surface area contributed by atoms with Crippen LogP contribution in [0.25, 0.3) is 0 Å². The molecule has 76 valence electrons. The first kappa shape index (κ1) is 9.57. The summed E-state index contributed by atoms with van der Waals surface area (Å²) in [6.45, 7) is 0. The summed E-state index contributed by atoms with van der Waals surface area (Å²) >= 11 is 0. The molecule has 1 N–H and O–H groups in total. The number of rotatable bonds is 1. The molecule has 1 saturated carbocycles. The molecule has 1 nitrogen and oxygen atoms in total. The van der Waals surface area contributed by atoms with Gasteiger partial charge in [0.25, 0.3) is 0 Å². The lowest BCUT2D eigenvalue weighted by molar-refractivity contribution is 0.407. The number of hydrogen-bond donors (Lipinski definition) is 1. The number of aliphatic hydroxyl groups excluding tert-OH is 1. The van der Waals surface area contributed by atoms with Crippen LogP contribution in [0.1, 0.15) is 38.5 Å². The van der Waals surface area contributed by atoms with Crippen molar-refractivity contribution in [1.29, 1.82) is 0 Å². The van der Waals surface area contributed by atoms with Gasteiger partial charge in [0.2, 0.25) is 0 Å². The smallest absolute Gasteiger partial charge is 0.111 e. The van der Waals surface area contributed by atoms with Crippen LogP contribution in [-0.2, 0) is 0 Å². The second-order valence-electron chi connectivity index (χ2n) is 4.24. The van der Waals surface area contributed by atoms with E-state index in [-0.39, 0.29) is 0 Å². The normalized spacial score (nSPS) is 24.0. The molecule has 0 amide bonds. The van der Waals surface area contributed by atoms with E-state index in [1.54, 1.807) is 0 Å². The van der Waals surface area contributed by atoms with Gasteiger partial charge in [-0.1, -0.05) is 31.4 Å². The van der Waals surface area contributed by atoms with Crippen molar-refractivity contribution < 1.29 is 5.11 Å². The fraction of sp³-hybridized carbons (Fsp3) is 0.538. The van der Waals surface area contributed by atoms with Gasteiger partial charge in [-0.15, -0.1) is 0 Å². The van der Waals surface area contributed by atoms with Gasteiger partial charge in [0.1, 0.15) is 5.76 Å². The summed E-state index contributed by atoms with van der Waals surface area (Å²) in [6, 6.07) is 0. The van der Waals surface area contributed by atoms with Gasteiger partial charge in [-0.25, -0.2) is 0 Å². The first-order chi connectivity index (χ1) is 6.86. The third kappa shape index (κ3) is 2.28. The van der Waals surface area contributed by atoms with Gasteiger partial charge in [-0.2, -0.15) is 0 Å². The van der Waals surface area contributed by atoms with Crippen LogP contribution in [0.15, 0.2) is 35.6 Å². The summed E-state index contributed by atoms with van der Waals surface area (Å²) in [4.78, 5) is 0. The van der Waals surface area contributed by atoms with Crippen LogP contribution >= 0.6 is 0 Å². The third-order valence-electron chi connectivity index (χ3n) is 3.20. The topological polar surface area (TPSA) is 20.2 Å². The summed E-state index contributed by atoms with van der Waals surface area (Å²) in [5.41, 5.74) is 1.44. The standard InChI is InChI=1S/C13H18O/c14-13-8-4-7-12(9-10-13)11-5-2-1-3-6-11/h7-11,14H,1-6H2. The molecule has 0 aromatic rings. The Balaban J connectivity index is 2.03. The van der Waals surface area contributed by atoms with E-state index in [4.69, 9.17) is 0 Å². The van der Waals surface area contributed by atoms with Crippen molar-refractivity contribution in [3.8, 4) is 0 Å². The van der Waals surface area contributed by atoms with E-state index in [0.717, 1.165) is 12.3 Å². The van der Waals surface area contributed by atoms with Gasteiger partial charge in [-0.3, -0.25) is 0 Å². The van der Waals surface area contributed by atoms with Gasteiger partial charge < -0.3 is 5.11 Å². The highest BCUT2D eigenvalue weighted by molar-refractivity contribution is 5.30. The molecule has 0 aromatic carbocycles. The number of allylic oxidation sites excluding steroid dienone is 5. The van der Waals surface area contributed by atoms with Crippen LogP contribution in [0.4, 0.5) is 0 Å². The fourth-order valence-electron chi connectivity index (χ4n) is 2.37. The molecule has 0 unspecified atom stereocenters. The lowest BCUT2D eigenvalue weighted by Crippen LogP contribution is -2.07. The Bertz CT molecular complexity index is 278. The van der Waals surface area contributed by atoms with E-state index in [1.807, 2.05) is 12.2 Å². The molecule has 2 rings (SSSR count). The summed E-state index contributed by atoms with van der Waals surface area (Å²) in [7, 11) is 0. The van der Waals surface area contributed by atoms with Crippen LogP contribution in [0.5, 0.6) is 0 Å². The largest absolute Gasteiger partial charge is 0.508 e. The van der Waals surface area contributed by atoms with Crippen molar-refractivity contribution in [3.05, 3.63) is 35.6 Å². The maximum absolute atomic E-state index is 9.35. The minimum Gasteiger partial charge on any atom is -0.508 e. The van der Waals surface area contributed by atoms with Crippen LogP contribution < -0.4 is 0 Å². The fourth-order valence-corrected chi connectivity index (χ4v) is 2.37. The molecule has 0 saturated heterocycles. The Labute approximate surface area is 85.8 Å². The maximum atomic E-state index is 9.35. The molecule has 0 heterocycles. The first-order valence-corrected chi connectivity index (χ1v) is 5.63. The Morgan fingerprint density at radius 3 is 2.57 bits per heavy atom. The second kappa shape index (κ2) is 4.50. The molecule has 0 aliphatic heterocycles. The zero-order chi connectivity index (χ0) is 9.80. The lowest BCUT2D eigenvalue weighted by atomic mass is 9.83. The van der Waals surface area contributed by atoms with Crippen LogP contribution in [0, 0.1) is 5.92 Å². The predicted molar refractivity (Wildman–Crippen MR) is 59.1 cm³/mol. The second-order valence-corrected chi connectivity index (χ2v) is 4.24. The molecule has 0 aromatic heterocycles. The molecule has 0 bridgehead atoms. The number of hydrogen-bond acceptors (Lipinski definition) is 1. The van der Waals surface area contributed by atoms with Crippen molar-refractivity contribution in [2.45, 2.75) is 38.5 Å². The third-order valence-corrected chi connectivity index (χ3v) is 3.20. The predicted octanol–water partition coefficient (Wildman–Crippen LogP) is 3.89. The van der Waals surface area contributed by atoms with Crippen LogP contribution in [0.3, 0.4) is 0 Å². The molecule has 0 atom stereocenters. The van der Waals surface area contributed by atoms with Crippen LogP contribution in [-0.4, -0.2) is 5.11 Å². The molecule has 1 fully saturated rings. The molecule has 0 spiro atoms. The van der Waals surface area contributed by atoms with E-state index in [1.165, 1.54) is 37.7 Å². The SMILES string of the molecule is OC1=CCC=C(C2CCCCC2)C=C1. The Morgan fingerprint density at radius 2 is 1.79 bits per heavy atom. The highest BCUT2D eigenvalue weighted by atomic mass is 16.3. The summed E-state index contributed by atoms with van der Waals surface area (Å²) in [5.74, 6) is 1.16. The van der Waals surface area contributed by atoms with E-state index >= 15 is 0 Å². The minimum atomic E-state index is 0.409. The monoisotopic (exact) mass is 190 g/mol. The number of aliphatic hydroxyl groups is 1. The van der Waals surface area contributed by atoms with E-state index in [0.29, 0.717) is 5.76 Å². The molecule has 14 heavy (non-hydrogen) atoms. The zero-order valence-corrected chi connectivity index (χ0v) is 8.58. The van der Waals surface area contributed by atoms with E-state index in [2.05, 4.69) is 12.2 Å². The quantitative estimate of drug-likeness (QED) is 0.665. The average molecular weight is 190 g/mol. The molecule has 1 heteroatoms. The lowest BCUT2D eigenvalue weighted by Gasteiger charge is -2.22. The maximum Gasteiger partial charge on any atom is 0.111 e. The first-order valence-electron chi connectivity index (χ1n) is 5.63. The zero-order valence-electron chi connectivity index (χ0n) is 8.58. The highest BCUT2D eigenvalue weighted by Gasteiger charge is 2.16. The van der Waals surface area contributed by atoms with Crippen molar-refractivity contribution in [1.82, 2.24) is 0 Å². The minimum absolute atomic E-state index is 0.409. The van der Waals surface area contributed by atoms with Gasteiger partial charge in [0.05, 0.1) is 0 Å². The van der Waals surface area contributed by atoms with Crippen molar-refractivity contribution >= 4 is 0 Å². The Morgan fingerprint density at radius 1 is 1.00 bits per heavy atom. The Kier molecular flexibility index (Phi) is 3.07. The van der Waals surface area contributed by atoms with Crippen LogP contribution in [0.2, 0.25) is 0 Å². The van der Waals surface area contributed by atoms with Gasteiger partial charge >= 0.3 is 0 Å². The summed E-state index contributed by atoms with van der Waals surface area (Å²) in [6.07, 6.45) is 15.7. The van der Waals surface area contributed by atoms with Gasteiger partial charge in [0, 0.05) is 0 Å². The van der Waals surface area contributed by atoms with Gasteiger partial charge in [-0.05, 0) is 42.9 Å². The van der Waals surface area contributed by atoms with E-state index < -0.39 is 0 Å². The van der Waals surface area contributed by atoms with Crippen molar-refractivity contribution in [3.63, 3.8) is 0 Å². The van der Waals surface area contributed by atoms with Gasteiger partial charge in [0.15, 0.2) is 0 Å². The summed E-state index contributed by atoms with van der Waals surface area (Å²) in [5, 5.41) is 9.35. The molecule has 2 aliphatic rings. The van der Waals surface area contributed by atoms with Crippen molar-refractivity contribution in [2.24, 2.45) is 5.92 Å². The Hall–Kier alpha value is -0.980. The van der Waals surface area contributed by atoms with Crippen molar-refractivity contribution in [2.75, 3.05) is 0 Å². The molecular formula is C13H18O. The average Bonchev–Trinajstić information content (AvgIpc) is 2.44. The molecule has 2 aliphatic carbocycles. The molecule has 0 radical (unpaired) electrons. The highest BCUT2D eigenvalue weighted by Crippen LogP contribution is 2.31.